The van der Waals surface area contributed by atoms with Crippen molar-refractivity contribution in [2.24, 2.45) is 0 Å². The van der Waals surface area contributed by atoms with Gasteiger partial charge in [0.25, 0.3) is 5.56 Å². The lowest BCUT2D eigenvalue weighted by atomic mass is 10.0. The lowest BCUT2D eigenvalue weighted by Crippen LogP contribution is -2.43. The molecule has 1 aromatic carbocycles. The summed E-state index contributed by atoms with van der Waals surface area (Å²) in [6.45, 7) is 7.93. The summed E-state index contributed by atoms with van der Waals surface area (Å²) in [4.78, 5) is 54.0. The Labute approximate surface area is 194 Å². The van der Waals surface area contributed by atoms with Crippen molar-refractivity contribution in [3.05, 3.63) is 56.2 Å². The van der Waals surface area contributed by atoms with Crippen molar-refractivity contribution in [2.75, 3.05) is 17.2 Å². The van der Waals surface area contributed by atoms with Crippen LogP contribution in [0.25, 0.3) is 0 Å². The van der Waals surface area contributed by atoms with Crippen LogP contribution in [0.5, 0.6) is 0 Å². The number of aryl methyl sites for hydroxylation is 1. The van der Waals surface area contributed by atoms with Gasteiger partial charge in [-0.05, 0) is 25.3 Å². The number of H-pyrrole nitrogens is 1. The molecule has 1 unspecified atom stereocenters. The van der Waals surface area contributed by atoms with Crippen molar-refractivity contribution in [1.29, 1.82) is 0 Å². The first-order valence-electron chi connectivity index (χ1n) is 11.5. The highest BCUT2D eigenvalue weighted by Crippen LogP contribution is 2.23. The van der Waals surface area contributed by atoms with Crippen molar-refractivity contribution < 1.29 is 9.59 Å². The summed E-state index contributed by atoms with van der Waals surface area (Å²) >= 11 is 0. The number of carbonyl (C=O) groups is 2. The first-order chi connectivity index (χ1) is 15.7. The molecule has 180 valence electrons. The van der Waals surface area contributed by atoms with Crippen LogP contribution >= 0.6 is 0 Å². The smallest absolute Gasteiger partial charge is 0.330 e. The molecule has 0 saturated carbocycles. The number of rotatable bonds is 11. The van der Waals surface area contributed by atoms with Gasteiger partial charge in [0, 0.05) is 20.0 Å². The largest absolute Gasteiger partial charge is 0.383 e. The van der Waals surface area contributed by atoms with Gasteiger partial charge in [0.1, 0.15) is 5.82 Å². The summed E-state index contributed by atoms with van der Waals surface area (Å²) in [5, 5.41) is 2.83. The van der Waals surface area contributed by atoms with Gasteiger partial charge in [-0.2, -0.15) is 0 Å². The van der Waals surface area contributed by atoms with Crippen LogP contribution in [0.2, 0.25) is 0 Å². The number of hydrogen-bond acceptors (Lipinski definition) is 5. The molecule has 0 spiro atoms. The Hall–Kier alpha value is -3.36. The Morgan fingerprint density at radius 3 is 2.33 bits per heavy atom. The number of carbonyl (C=O) groups excluding carboxylic acids is 2. The van der Waals surface area contributed by atoms with Crippen LogP contribution in [0.4, 0.5) is 11.5 Å². The van der Waals surface area contributed by atoms with Gasteiger partial charge in [-0.15, -0.1) is 0 Å². The molecule has 1 heterocycles. The van der Waals surface area contributed by atoms with Crippen molar-refractivity contribution in [3.63, 3.8) is 0 Å². The van der Waals surface area contributed by atoms with Gasteiger partial charge in [-0.25, -0.2) is 4.79 Å². The molecule has 9 nitrogen and oxygen atoms in total. The molecule has 2 aromatic rings. The third-order valence-electron chi connectivity index (χ3n) is 5.49. The predicted octanol–water partition coefficient (Wildman–Crippen LogP) is 2.63. The molecule has 0 aliphatic carbocycles. The van der Waals surface area contributed by atoms with E-state index < -0.39 is 17.3 Å². The zero-order chi connectivity index (χ0) is 24.5. The Morgan fingerprint density at radius 1 is 1.12 bits per heavy atom. The maximum atomic E-state index is 13.5. The molecule has 1 aromatic heterocycles. The van der Waals surface area contributed by atoms with E-state index in [1.54, 1.807) is 0 Å². The minimum absolute atomic E-state index is 0.0189. The van der Waals surface area contributed by atoms with Crippen LogP contribution in [0.1, 0.15) is 70.0 Å². The van der Waals surface area contributed by atoms with E-state index in [1.807, 2.05) is 45.0 Å². The zero-order valence-corrected chi connectivity index (χ0v) is 19.9. The Bertz CT molecular complexity index is 1070. The summed E-state index contributed by atoms with van der Waals surface area (Å²) < 4.78 is 1.30. The predicted molar refractivity (Wildman–Crippen MR) is 130 cm³/mol. The maximum Gasteiger partial charge on any atom is 0.330 e. The fourth-order valence-corrected chi connectivity index (χ4v) is 3.64. The molecular weight excluding hydrogens is 422 g/mol. The van der Waals surface area contributed by atoms with Crippen LogP contribution < -0.4 is 27.2 Å². The standard InChI is InChI=1S/C24H35N5O4/c1-5-7-13-28(21-22(25)29(14-8-6-2)24(33)27-23(21)32)20(31)15-19(26-17(4)30)18-11-9-16(3)10-12-18/h9-12,19H,5-8,13-15,25H2,1-4H3,(H,26,30)(H,27,32,33). The number of nitrogens with two attached hydrogens (primary N) is 1. The van der Waals surface area contributed by atoms with E-state index in [2.05, 4.69) is 10.3 Å². The zero-order valence-electron chi connectivity index (χ0n) is 19.9. The number of anilines is 2. The van der Waals surface area contributed by atoms with Crippen LogP contribution in [-0.2, 0) is 16.1 Å². The number of benzene rings is 1. The van der Waals surface area contributed by atoms with E-state index in [0.717, 1.165) is 24.0 Å². The van der Waals surface area contributed by atoms with E-state index in [9.17, 15) is 19.2 Å². The lowest BCUT2D eigenvalue weighted by Gasteiger charge is -2.27. The van der Waals surface area contributed by atoms with Crippen molar-refractivity contribution in [1.82, 2.24) is 14.9 Å². The van der Waals surface area contributed by atoms with E-state index in [4.69, 9.17) is 5.73 Å². The van der Waals surface area contributed by atoms with E-state index >= 15 is 0 Å². The number of amides is 2. The number of unbranched alkanes of at least 4 members (excludes halogenated alkanes) is 2. The molecule has 2 amide bonds. The summed E-state index contributed by atoms with van der Waals surface area (Å²) in [6, 6.07) is 6.99. The minimum atomic E-state index is -0.693. The molecule has 33 heavy (non-hydrogen) atoms. The average molecular weight is 458 g/mol. The third kappa shape index (κ3) is 6.81. The molecular formula is C24H35N5O4. The summed E-state index contributed by atoms with van der Waals surface area (Å²) in [5.74, 6) is -0.646. The summed E-state index contributed by atoms with van der Waals surface area (Å²) in [7, 11) is 0. The fraction of sp³-hybridized carbons (Fsp3) is 0.500. The van der Waals surface area contributed by atoms with Crippen LogP contribution in [-0.4, -0.2) is 27.9 Å². The maximum absolute atomic E-state index is 13.5. The molecule has 0 fully saturated rings. The molecule has 4 N–H and O–H groups in total. The van der Waals surface area contributed by atoms with Crippen LogP contribution in [0, 0.1) is 6.92 Å². The number of nitrogens with zero attached hydrogens (tertiary/aromatic N) is 2. The normalized spacial score (nSPS) is 11.8. The van der Waals surface area contributed by atoms with Crippen molar-refractivity contribution in [3.8, 4) is 0 Å². The van der Waals surface area contributed by atoms with Gasteiger partial charge in [-0.3, -0.25) is 23.9 Å². The SMILES string of the molecule is CCCCN(C(=O)CC(NC(C)=O)c1ccc(C)cc1)c1c(N)n(CCCC)c(=O)[nH]c1=O. The highest BCUT2D eigenvalue weighted by atomic mass is 16.2. The minimum Gasteiger partial charge on any atom is -0.383 e. The second-order valence-electron chi connectivity index (χ2n) is 8.27. The average Bonchev–Trinajstić information content (AvgIpc) is 2.75. The number of nitrogen functional groups attached to an aromatic ring is 1. The van der Waals surface area contributed by atoms with E-state index in [-0.39, 0.29) is 36.3 Å². The van der Waals surface area contributed by atoms with Crippen molar-refractivity contribution >= 4 is 23.3 Å². The molecule has 0 radical (unpaired) electrons. The molecule has 0 aliphatic rings. The molecule has 1 atom stereocenters. The summed E-state index contributed by atoms with van der Waals surface area (Å²) in [6.07, 6.45) is 2.93. The van der Waals surface area contributed by atoms with E-state index in [1.165, 1.54) is 16.4 Å². The summed E-state index contributed by atoms with van der Waals surface area (Å²) in [5.41, 5.74) is 6.80. The van der Waals surface area contributed by atoms with Gasteiger partial charge >= 0.3 is 5.69 Å². The second kappa shape index (κ2) is 12.0. The first kappa shape index (κ1) is 25.9. The molecule has 9 heteroatoms. The third-order valence-corrected chi connectivity index (χ3v) is 5.49. The van der Waals surface area contributed by atoms with Gasteiger partial charge < -0.3 is 16.0 Å². The Kier molecular flexibility index (Phi) is 9.44. The number of nitrogens with one attached hydrogen (secondary N) is 2. The number of aromatic amines is 1. The second-order valence-corrected chi connectivity index (χ2v) is 8.27. The molecule has 2 rings (SSSR count). The van der Waals surface area contributed by atoms with Gasteiger partial charge in [-0.1, -0.05) is 56.5 Å². The Balaban J connectivity index is 2.47. The quantitative estimate of drug-likeness (QED) is 0.477. The lowest BCUT2D eigenvalue weighted by molar-refractivity contribution is -0.121. The van der Waals surface area contributed by atoms with Crippen LogP contribution in [0.3, 0.4) is 0 Å². The number of aromatic nitrogens is 2. The van der Waals surface area contributed by atoms with Gasteiger partial charge in [0.2, 0.25) is 11.8 Å². The molecule has 0 bridgehead atoms. The van der Waals surface area contributed by atoms with Crippen molar-refractivity contribution in [2.45, 2.75) is 72.4 Å². The first-order valence-corrected chi connectivity index (χ1v) is 11.5. The van der Waals surface area contributed by atoms with Gasteiger partial charge in [0.05, 0.1) is 12.5 Å². The van der Waals surface area contributed by atoms with Crippen LogP contribution in [0.15, 0.2) is 33.9 Å². The van der Waals surface area contributed by atoms with E-state index in [0.29, 0.717) is 19.4 Å². The fourth-order valence-electron chi connectivity index (χ4n) is 3.64. The van der Waals surface area contributed by atoms with Gasteiger partial charge in [0.15, 0.2) is 5.69 Å². The monoisotopic (exact) mass is 457 g/mol. The Morgan fingerprint density at radius 2 is 1.76 bits per heavy atom. The topological polar surface area (TPSA) is 130 Å². The highest BCUT2D eigenvalue weighted by molar-refractivity contribution is 5.96. The number of hydrogen-bond donors (Lipinski definition) is 3. The molecule has 0 aliphatic heterocycles. The molecule has 0 saturated heterocycles. The highest BCUT2D eigenvalue weighted by Gasteiger charge is 2.27.